The smallest absolute Gasteiger partial charge is 0.225 e. The van der Waals surface area contributed by atoms with Crippen LogP contribution in [0, 0.1) is 19.8 Å². The number of aromatic hydroxyl groups is 1. The van der Waals surface area contributed by atoms with E-state index in [2.05, 4.69) is 15.1 Å². The van der Waals surface area contributed by atoms with E-state index in [4.69, 9.17) is 0 Å². The number of hydrogen-bond donors (Lipinski definition) is 2. The zero-order valence-electron chi connectivity index (χ0n) is 15.1. The highest BCUT2D eigenvalue weighted by molar-refractivity contribution is 5.79. The minimum Gasteiger partial charge on any atom is -0.508 e. The number of phenolic OH excluding ortho intramolecular Hbond substituents is 1. The van der Waals surface area contributed by atoms with Crippen molar-refractivity contribution in [2.24, 2.45) is 5.92 Å². The molecule has 25 heavy (non-hydrogen) atoms. The third kappa shape index (κ3) is 3.78. The lowest BCUT2D eigenvalue weighted by Crippen LogP contribution is -2.50. The number of nitrogens with zero attached hydrogens (tertiary/aromatic N) is 3. The number of anilines is 1. The normalized spacial score (nSPS) is 16.1. The molecule has 1 aromatic heterocycles. The summed E-state index contributed by atoms with van der Waals surface area (Å²) in [6.07, 6.45) is 0.727. The Labute approximate surface area is 148 Å². The fraction of sp³-hybridized carbons (Fsp3) is 0.474. The van der Waals surface area contributed by atoms with Gasteiger partial charge in [-0.2, -0.15) is 5.10 Å². The highest BCUT2D eigenvalue weighted by Crippen LogP contribution is 2.21. The van der Waals surface area contributed by atoms with E-state index in [0.717, 1.165) is 55.2 Å². The average Bonchev–Trinajstić information content (AvgIpc) is 2.94. The van der Waals surface area contributed by atoms with Crippen LogP contribution >= 0.6 is 0 Å². The van der Waals surface area contributed by atoms with E-state index in [-0.39, 0.29) is 17.6 Å². The van der Waals surface area contributed by atoms with Crippen molar-refractivity contribution in [3.8, 4) is 5.75 Å². The molecule has 2 aromatic rings. The maximum atomic E-state index is 12.8. The molecule has 134 valence electrons. The van der Waals surface area contributed by atoms with Gasteiger partial charge < -0.3 is 14.9 Å². The summed E-state index contributed by atoms with van der Waals surface area (Å²) < 4.78 is 0. The second kappa shape index (κ2) is 7.17. The second-order valence-corrected chi connectivity index (χ2v) is 6.85. The number of hydrogen-bond acceptors (Lipinski definition) is 4. The number of piperazine rings is 1. The molecule has 6 heteroatoms. The van der Waals surface area contributed by atoms with Crippen molar-refractivity contribution in [3.63, 3.8) is 0 Å². The van der Waals surface area contributed by atoms with Crippen LogP contribution in [0.5, 0.6) is 5.75 Å². The Morgan fingerprint density at radius 3 is 2.40 bits per heavy atom. The summed E-state index contributed by atoms with van der Waals surface area (Å²) in [5.41, 5.74) is 4.27. The van der Waals surface area contributed by atoms with Gasteiger partial charge >= 0.3 is 0 Å². The van der Waals surface area contributed by atoms with Crippen LogP contribution in [0.15, 0.2) is 24.3 Å². The molecule has 1 saturated heterocycles. The highest BCUT2D eigenvalue weighted by Gasteiger charge is 2.26. The molecular weight excluding hydrogens is 316 g/mol. The summed E-state index contributed by atoms with van der Waals surface area (Å²) in [5.74, 6) is 0.441. The molecule has 1 aliphatic heterocycles. The van der Waals surface area contributed by atoms with Gasteiger partial charge in [0.2, 0.25) is 5.91 Å². The van der Waals surface area contributed by atoms with Gasteiger partial charge in [0.05, 0.1) is 5.69 Å². The molecule has 1 aromatic carbocycles. The quantitative estimate of drug-likeness (QED) is 0.894. The first-order chi connectivity index (χ1) is 12.0. The van der Waals surface area contributed by atoms with Gasteiger partial charge in [-0.1, -0.05) is 6.92 Å². The summed E-state index contributed by atoms with van der Waals surface area (Å²) in [7, 11) is 0. The lowest BCUT2D eigenvalue weighted by molar-refractivity contribution is -0.135. The lowest BCUT2D eigenvalue weighted by atomic mass is 9.98. The Morgan fingerprint density at radius 1 is 1.20 bits per heavy atom. The first-order valence-corrected chi connectivity index (χ1v) is 8.79. The molecule has 2 heterocycles. The van der Waals surface area contributed by atoms with E-state index >= 15 is 0 Å². The van der Waals surface area contributed by atoms with E-state index in [1.54, 1.807) is 12.1 Å². The molecule has 1 aliphatic rings. The van der Waals surface area contributed by atoms with Crippen molar-refractivity contribution in [3.05, 3.63) is 41.2 Å². The fourth-order valence-electron chi connectivity index (χ4n) is 3.43. The molecule has 0 aliphatic carbocycles. The Bertz CT molecular complexity index is 711. The van der Waals surface area contributed by atoms with Crippen LogP contribution in [0.1, 0.15) is 23.9 Å². The Hall–Kier alpha value is -2.50. The maximum Gasteiger partial charge on any atom is 0.225 e. The number of aromatic nitrogens is 2. The Morgan fingerprint density at radius 2 is 1.84 bits per heavy atom. The van der Waals surface area contributed by atoms with Gasteiger partial charge in [0, 0.05) is 43.5 Å². The van der Waals surface area contributed by atoms with Crippen LogP contribution in [0.2, 0.25) is 0 Å². The second-order valence-electron chi connectivity index (χ2n) is 6.85. The molecule has 0 bridgehead atoms. The van der Waals surface area contributed by atoms with Gasteiger partial charge in [0.1, 0.15) is 5.75 Å². The summed E-state index contributed by atoms with van der Waals surface area (Å²) in [6.45, 7) is 9.07. The highest BCUT2D eigenvalue weighted by atomic mass is 16.3. The van der Waals surface area contributed by atoms with Crippen molar-refractivity contribution in [2.45, 2.75) is 27.2 Å². The van der Waals surface area contributed by atoms with Crippen molar-refractivity contribution in [1.82, 2.24) is 15.1 Å². The maximum absolute atomic E-state index is 12.8. The minimum absolute atomic E-state index is 0.0461. The summed E-state index contributed by atoms with van der Waals surface area (Å²) in [6, 6.07) is 7.23. The van der Waals surface area contributed by atoms with Gasteiger partial charge in [-0.25, -0.2) is 0 Å². The van der Waals surface area contributed by atoms with Crippen LogP contribution in [0.4, 0.5) is 5.69 Å². The number of phenols is 1. The number of aromatic amines is 1. The third-order valence-electron chi connectivity index (χ3n) is 5.02. The van der Waals surface area contributed by atoms with Gasteiger partial charge in [0.25, 0.3) is 0 Å². The van der Waals surface area contributed by atoms with E-state index in [9.17, 15) is 9.90 Å². The molecule has 2 N–H and O–H groups in total. The molecule has 3 rings (SSSR count). The van der Waals surface area contributed by atoms with Crippen molar-refractivity contribution >= 4 is 11.6 Å². The van der Waals surface area contributed by atoms with Crippen molar-refractivity contribution in [2.75, 3.05) is 31.1 Å². The van der Waals surface area contributed by atoms with Gasteiger partial charge in [-0.15, -0.1) is 0 Å². The van der Waals surface area contributed by atoms with Gasteiger partial charge in [-0.3, -0.25) is 9.89 Å². The molecule has 0 radical (unpaired) electrons. The van der Waals surface area contributed by atoms with Gasteiger partial charge in [-0.05, 0) is 50.1 Å². The number of carbonyl (C=O) groups excluding carboxylic acids is 1. The summed E-state index contributed by atoms with van der Waals surface area (Å²) in [4.78, 5) is 17.0. The van der Waals surface area contributed by atoms with E-state index in [0.29, 0.717) is 0 Å². The standard InChI is InChI=1S/C19H26N4O2/c1-13(12-18-14(2)20-21-15(18)3)19(25)23-10-8-22(9-11-23)16-4-6-17(24)7-5-16/h4-7,13,24H,8-12H2,1-3H3,(H,20,21)/t13-/m1/s1. The SMILES string of the molecule is Cc1n[nH]c(C)c1C[C@@H](C)C(=O)N1CCN(c2ccc(O)cc2)CC1. The van der Waals surface area contributed by atoms with Crippen LogP contribution in [-0.2, 0) is 11.2 Å². The predicted molar refractivity (Wildman–Crippen MR) is 97.8 cm³/mol. The number of carbonyl (C=O) groups is 1. The first kappa shape index (κ1) is 17.3. The van der Waals surface area contributed by atoms with Crippen LogP contribution in [0.25, 0.3) is 0 Å². The van der Waals surface area contributed by atoms with E-state index in [1.807, 2.05) is 37.8 Å². The van der Waals surface area contributed by atoms with Crippen molar-refractivity contribution in [1.29, 1.82) is 0 Å². The van der Waals surface area contributed by atoms with E-state index in [1.165, 1.54) is 0 Å². The molecule has 6 nitrogen and oxygen atoms in total. The van der Waals surface area contributed by atoms with E-state index < -0.39 is 0 Å². The van der Waals surface area contributed by atoms with Crippen molar-refractivity contribution < 1.29 is 9.90 Å². The number of nitrogens with one attached hydrogen (secondary N) is 1. The molecular formula is C19H26N4O2. The number of rotatable bonds is 4. The van der Waals surface area contributed by atoms with Gasteiger partial charge in [0.15, 0.2) is 0 Å². The molecule has 0 unspecified atom stereocenters. The number of aryl methyl sites for hydroxylation is 2. The fourth-order valence-corrected chi connectivity index (χ4v) is 3.43. The molecule has 1 atom stereocenters. The Balaban J connectivity index is 1.56. The predicted octanol–water partition coefficient (Wildman–Crippen LogP) is 2.26. The number of benzene rings is 1. The first-order valence-electron chi connectivity index (χ1n) is 8.79. The minimum atomic E-state index is -0.0461. The monoisotopic (exact) mass is 342 g/mol. The lowest BCUT2D eigenvalue weighted by Gasteiger charge is -2.37. The largest absolute Gasteiger partial charge is 0.508 e. The third-order valence-corrected chi connectivity index (χ3v) is 5.02. The topological polar surface area (TPSA) is 72.5 Å². The van der Waals surface area contributed by atoms with Crippen LogP contribution in [0.3, 0.4) is 0 Å². The molecule has 0 spiro atoms. The zero-order valence-corrected chi connectivity index (χ0v) is 15.1. The number of H-pyrrole nitrogens is 1. The average molecular weight is 342 g/mol. The van der Waals surface area contributed by atoms with Crippen LogP contribution < -0.4 is 4.90 Å². The molecule has 0 saturated carbocycles. The number of amides is 1. The molecule has 1 amide bonds. The van der Waals surface area contributed by atoms with Crippen LogP contribution in [-0.4, -0.2) is 52.3 Å². The summed E-state index contributed by atoms with van der Waals surface area (Å²) >= 11 is 0. The Kier molecular flexibility index (Phi) is 4.97. The molecule has 1 fully saturated rings. The zero-order chi connectivity index (χ0) is 18.0. The summed E-state index contributed by atoms with van der Waals surface area (Å²) in [5, 5.41) is 16.6.